The minimum Gasteiger partial charge on any atom is -0.329 e. The molecule has 0 rings (SSSR count). The number of hydrogen-bond acceptors (Lipinski definition) is 2. The van der Waals surface area contributed by atoms with Gasteiger partial charge in [0, 0.05) is 6.16 Å². The third kappa shape index (κ3) is 22.1. The van der Waals surface area contributed by atoms with Gasteiger partial charge >= 0.3 is 0 Å². The first-order chi connectivity index (χ1) is 12.0. The average molecular weight is 377 g/mol. The molecule has 25 heavy (non-hydrogen) atoms. The second-order valence-electron chi connectivity index (χ2n) is 8.58. The molecule has 0 radical (unpaired) electrons. The summed E-state index contributed by atoms with van der Waals surface area (Å²) in [5.41, 5.74) is 0. The minimum atomic E-state index is -1.79. The number of unbranched alkanes of at least 4 members (excludes halogenated alkanes) is 13. The summed E-state index contributed by atoms with van der Waals surface area (Å²) in [5, 5.41) is 0. The summed E-state index contributed by atoms with van der Waals surface area (Å²) in [4.78, 5) is 0. The maximum atomic E-state index is 11.8. The number of hydrogen-bond donors (Lipinski definition) is 0. The zero-order valence-corrected chi connectivity index (χ0v) is 18.8. The van der Waals surface area contributed by atoms with Crippen LogP contribution in [-0.2, 0) is 9.09 Å². The highest BCUT2D eigenvalue weighted by molar-refractivity contribution is 7.39. The summed E-state index contributed by atoms with van der Waals surface area (Å²) < 4.78 is 18.1. The van der Waals surface area contributed by atoms with Gasteiger partial charge in [0.15, 0.2) is 8.03 Å². The van der Waals surface area contributed by atoms with Crippen LogP contribution in [0.15, 0.2) is 0 Å². The van der Waals surface area contributed by atoms with Gasteiger partial charge in [-0.3, -0.25) is 4.57 Å². The molecule has 0 amide bonds. The van der Waals surface area contributed by atoms with Crippen molar-refractivity contribution >= 4 is 8.03 Å². The van der Waals surface area contributed by atoms with E-state index < -0.39 is 8.03 Å². The number of rotatable bonds is 19. The Morgan fingerprint density at radius 3 is 1.48 bits per heavy atom. The summed E-state index contributed by atoms with van der Waals surface area (Å²) >= 11 is 0. The highest BCUT2D eigenvalue weighted by atomic mass is 31.1. The van der Waals surface area contributed by atoms with Crippen LogP contribution in [0.2, 0.25) is 0 Å². The minimum absolute atomic E-state index is 0.625. The van der Waals surface area contributed by atoms with Crippen LogP contribution in [0.25, 0.3) is 0 Å². The van der Waals surface area contributed by atoms with E-state index in [9.17, 15) is 4.57 Å². The zero-order chi connectivity index (χ0) is 18.8. The van der Waals surface area contributed by atoms with E-state index in [0.29, 0.717) is 6.61 Å². The molecule has 0 heterocycles. The van der Waals surface area contributed by atoms with Crippen LogP contribution in [0.1, 0.15) is 96.8 Å². The van der Waals surface area contributed by atoms with Crippen molar-refractivity contribution in [1.29, 1.82) is 0 Å². The highest BCUT2D eigenvalue weighted by Gasteiger charge is 2.07. The van der Waals surface area contributed by atoms with Crippen LogP contribution in [0.3, 0.4) is 0 Å². The van der Waals surface area contributed by atoms with Gasteiger partial charge in [0.2, 0.25) is 0 Å². The van der Waals surface area contributed by atoms with Crippen LogP contribution in [0.5, 0.6) is 0 Å². The quantitative estimate of drug-likeness (QED) is 0.143. The first-order valence-corrected chi connectivity index (χ1v) is 12.4. The van der Waals surface area contributed by atoms with Crippen molar-refractivity contribution in [2.24, 2.45) is 0 Å². The third-order valence-electron chi connectivity index (χ3n) is 4.76. The summed E-state index contributed by atoms with van der Waals surface area (Å²) in [6, 6.07) is 0. The van der Waals surface area contributed by atoms with Gasteiger partial charge in [-0.05, 0) is 6.42 Å². The third-order valence-corrected chi connectivity index (χ3v) is 6.05. The van der Waals surface area contributed by atoms with Crippen molar-refractivity contribution < 1.29 is 13.6 Å². The lowest BCUT2D eigenvalue weighted by Gasteiger charge is -2.23. The van der Waals surface area contributed by atoms with Crippen molar-refractivity contribution in [3.63, 3.8) is 0 Å². The fourth-order valence-electron chi connectivity index (χ4n) is 2.97. The van der Waals surface area contributed by atoms with Crippen molar-refractivity contribution in [1.82, 2.24) is 0 Å². The fraction of sp³-hybridized carbons (Fsp3) is 1.00. The zero-order valence-electron chi connectivity index (χ0n) is 17.8. The molecule has 1 unspecified atom stereocenters. The van der Waals surface area contributed by atoms with E-state index in [1.165, 1.54) is 83.5 Å². The monoisotopic (exact) mass is 376 g/mol. The Morgan fingerprint density at radius 1 is 0.680 bits per heavy atom. The van der Waals surface area contributed by atoms with Gasteiger partial charge in [-0.25, -0.2) is 0 Å². The molecule has 1 atom stereocenters. The summed E-state index contributed by atoms with van der Waals surface area (Å²) in [6.45, 7) is 3.83. The Morgan fingerprint density at radius 2 is 1.08 bits per heavy atom. The molecule has 0 aromatic heterocycles. The van der Waals surface area contributed by atoms with Gasteiger partial charge in [0.25, 0.3) is 0 Å². The summed E-state index contributed by atoms with van der Waals surface area (Å²) in [5.74, 6) is 0. The Balaban J connectivity index is 3.17. The molecule has 0 aliphatic heterocycles. The molecule has 0 aliphatic carbocycles. The molecular formula is C21H47NO2P+. The predicted molar refractivity (Wildman–Crippen MR) is 113 cm³/mol. The van der Waals surface area contributed by atoms with Crippen LogP contribution in [-0.4, -0.2) is 44.9 Å². The molecule has 4 heteroatoms. The fourth-order valence-corrected chi connectivity index (χ4v) is 3.97. The van der Waals surface area contributed by atoms with Crippen molar-refractivity contribution in [2.75, 3.05) is 40.5 Å². The van der Waals surface area contributed by atoms with E-state index in [2.05, 4.69) is 28.1 Å². The molecule has 0 bridgehead atoms. The van der Waals surface area contributed by atoms with Gasteiger partial charge in [0.05, 0.1) is 21.1 Å². The maximum absolute atomic E-state index is 11.8. The Bertz CT molecular complexity index is 303. The molecule has 0 fully saturated rings. The smallest absolute Gasteiger partial charge is 0.191 e. The van der Waals surface area contributed by atoms with E-state index in [1.54, 1.807) is 0 Å². The topological polar surface area (TPSA) is 26.3 Å². The molecule has 3 nitrogen and oxygen atoms in total. The Labute approximate surface area is 159 Å². The van der Waals surface area contributed by atoms with Crippen LogP contribution >= 0.6 is 8.03 Å². The predicted octanol–water partition coefficient (Wildman–Crippen LogP) is 6.67. The first kappa shape index (κ1) is 25.1. The number of nitrogens with zero attached hydrogens (tertiary/aromatic N) is 1. The largest absolute Gasteiger partial charge is 0.329 e. The molecule has 0 spiro atoms. The Hall–Kier alpha value is 0.150. The molecular weight excluding hydrogens is 329 g/mol. The second kappa shape index (κ2) is 17.6. The first-order valence-electron chi connectivity index (χ1n) is 10.9. The normalized spacial score (nSPS) is 13.3. The van der Waals surface area contributed by atoms with Gasteiger partial charge in [-0.15, -0.1) is 0 Å². The molecule has 0 N–H and O–H groups in total. The van der Waals surface area contributed by atoms with Gasteiger partial charge in [-0.1, -0.05) is 90.4 Å². The molecule has 0 aromatic carbocycles. The van der Waals surface area contributed by atoms with Crippen molar-refractivity contribution in [3.8, 4) is 0 Å². The van der Waals surface area contributed by atoms with Crippen LogP contribution in [0.4, 0.5) is 0 Å². The van der Waals surface area contributed by atoms with E-state index >= 15 is 0 Å². The lowest BCUT2D eigenvalue weighted by molar-refractivity contribution is -0.870. The standard InChI is InChI=1S/C21H47NO2P/c1-5-6-7-8-9-10-11-12-13-14-15-16-17-18-21-25(23)24-20-19-22(2,3)4/h25H,5-21H2,1-4H3/q+1. The van der Waals surface area contributed by atoms with Crippen molar-refractivity contribution in [3.05, 3.63) is 0 Å². The number of quaternary nitrogens is 1. The van der Waals surface area contributed by atoms with Crippen molar-refractivity contribution in [2.45, 2.75) is 96.8 Å². The van der Waals surface area contributed by atoms with E-state index in [0.717, 1.165) is 23.6 Å². The van der Waals surface area contributed by atoms with Gasteiger partial charge in [0.1, 0.15) is 13.2 Å². The second-order valence-corrected chi connectivity index (χ2v) is 10.1. The van der Waals surface area contributed by atoms with Gasteiger partial charge in [-0.2, -0.15) is 0 Å². The van der Waals surface area contributed by atoms with Crippen LogP contribution in [0, 0.1) is 0 Å². The lowest BCUT2D eigenvalue weighted by atomic mass is 10.0. The summed E-state index contributed by atoms with van der Waals surface area (Å²) in [6.07, 6.45) is 19.8. The average Bonchev–Trinajstić information content (AvgIpc) is 2.54. The highest BCUT2D eigenvalue weighted by Crippen LogP contribution is 2.24. The number of likely N-dealkylation sites (N-methyl/N-ethyl adjacent to an activating group) is 1. The van der Waals surface area contributed by atoms with E-state index in [1.807, 2.05) is 0 Å². The Kier molecular flexibility index (Phi) is 17.7. The SMILES string of the molecule is CCCCCCCCCCCCCCCC[PH](=O)OCC[N+](C)(C)C. The molecule has 0 saturated heterocycles. The molecule has 0 aromatic rings. The molecule has 0 saturated carbocycles. The molecule has 0 aliphatic rings. The van der Waals surface area contributed by atoms with Crippen LogP contribution < -0.4 is 0 Å². The summed E-state index contributed by atoms with van der Waals surface area (Å²) in [7, 11) is 4.61. The van der Waals surface area contributed by atoms with E-state index in [-0.39, 0.29) is 0 Å². The van der Waals surface area contributed by atoms with Gasteiger partial charge < -0.3 is 9.01 Å². The maximum Gasteiger partial charge on any atom is 0.191 e. The lowest BCUT2D eigenvalue weighted by Crippen LogP contribution is -2.37. The van der Waals surface area contributed by atoms with E-state index in [4.69, 9.17) is 4.52 Å². The molecule has 152 valence electrons.